The molecule has 1 aliphatic carbocycles. The first kappa shape index (κ1) is 17.3. The summed E-state index contributed by atoms with van der Waals surface area (Å²) in [4.78, 5) is 19.2. The Balaban J connectivity index is 1.26. The van der Waals surface area contributed by atoms with Crippen molar-refractivity contribution in [3.63, 3.8) is 0 Å². The zero-order valence-electron chi connectivity index (χ0n) is 15.4. The quantitative estimate of drug-likeness (QED) is 0.889. The lowest BCUT2D eigenvalue weighted by atomic mass is 9.92. The molecule has 1 aromatic carbocycles. The summed E-state index contributed by atoms with van der Waals surface area (Å²) < 4.78 is 0. The molecule has 0 atom stereocenters. The first-order chi connectivity index (χ1) is 12.8. The number of likely N-dealkylation sites (tertiary alicyclic amines) is 1. The summed E-state index contributed by atoms with van der Waals surface area (Å²) >= 11 is 0. The minimum absolute atomic E-state index is 0.376. The van der Waals surface area contributed by atoms with Crippen LogP contribution in [0.4, 0.5) is 0 Å². The van der Waals surface area contributed by atoms with Crippen LogP contribution >= 0.6 is 0 Å². The lowest BCUT2D eigenvalue weighted by molar-refractivity contribution is -0.133. The average Bonchev–Trinajstić information content (AvgIpc) is 3.35. The highest BCUT2D eigenvalue weighted by molar-refractivity contribution is 5.76. The first-order valence-corrected chi connectivity index (χ1v) is 10.0. The number of benzene rings is 1. The lowest BCUT2D eigenvalue weighted by Gasteiger charge is -2.32. The van der Waals surface area contributed by atoms with E-state index in [1.54, 1.807) is 0 Å². The van der Waals surface area contributed by atoms with Gasteiger partial charge in [-0.25, -0.2) is 4.98 Å². The van der Waals surface area contributed by atoms with Crippen molar-refractivity contribution < 1.29 is 4.79 Å². The van der Waals surface area contributed by atoms with Crippen LogP contribution in [0.2, 0.25) is 0 Å². The number of nitrogens with one attached hydrogen (secondary N) is 1. The van der Waals surface area contributed by atoms with Crippen molar-refractivity contribution in [1.82, 2.24) is 20.1 Å². The topological polar surface area (TPSA) is 61.9 Å². The number of aromatic amines is 1. The summed E-state index contributed by atoms with van der Waals surface area (Å²) in [5.74, 6) is 3.33. The molecule has 0 bridgehead atoms. The SMILES string of the molecule is O=C(CC1CCCC1)N1CCC(Cc2nc(-c3ccccc3)n[nH]2)CC1. The van der Waals surface area contributed by atoms with Gasteiger partial charge in [-0.2, -0.15) is 5.10 Å². The molecule has 138 valence electrons. The van der Waals surface area contributed by atoms with E-state index in [-0.39, 0.29) is 0 Å². The molecular formula is C21H28N4O. The predicted octanol–water partition coefficient (Wildman–Crippen LogP) is 3.83. The highest BCUT2D eigenvalue weighted by Crippen LogP contribution is 2.29. The Bertz CT molecular complexity index is 713. The number of hydrogen-bond acceptors (Lipinski definition) is 3. The van der Waals surface area contributed by atoms with Crippen LogP contribution in [0.25, 0.3) is 11.4 Å². The molecule has 0 unspecified atom stereocenters. The van der Waals surface area contributed by atoms with Crippen molar-refractivity contribution >= 4 is 5.91 Å². The van der Waals surface area contributed by atoms with E-state index in [4.69, 9.17) is 0 Å². The highest BCUT2D eigenvalue weighted by atomic mass is 16.2. The molecule has 0 radical (unpaired) electrons. The molecule has 2 heterocycles. The van der Waals surface area contributed by atoms with Gasteiger partial charge in [-0.3, -0.25) is 9.89 Å². The fourth-order valence-electron chi connectivity index (χ4n) is 4.35. The van der Waals surface area contributed by atoms with Crippen molar-refractivity contribution in [2.75, 3.05) is 13.1 Å². The number of hydrogen-bond donors (Lipinski definition) is 1. The summed E-state index contributed by atoms with van der Waals surface area (Å²) in [6.07, 6.45) is 8.94. The molecule has 1 N–H and O–H groups in total. The van der Waals surface area contributed by atoms with Crippen LogP contribution in [-0.4, -0.2) is 39.1 Å². The first-order valence-electron chi connectivity index (χ1n) is 10.0. The van der Waals surface area contributed by atoms with Crippen molar-refractivity contribution in [3.05, 3.63) is 36.2 Å². The smallest absolute Gasteiger partial charge is 0.222 e. The third-order valence-electron chi connectivity index (χ3n) is 5.95. The molecule has 1 saturated carbocycles. The number of amides is 1. The third-order valence-corrected chi connectivity index (χ3v) is 5.95. The van der Waals surface area contributed by atoms with E-state index in [1.807, 2.05) is 30.3 Å². The lowest BCUT2D eigenvalue weighted by Crippen LogP contribution is -2.39. The Labute approximate surface area is 155 Å². The van der Waals surface area contributed by atoms with Crippen LogP contribution in [0.3, 0.4) is 0 Å². The maximum atomic E-state index is 12.5. The second kappa shape index (κ2) is 8.02. The molecule has 4 rings (SSSR count). The van der Waals surface area contributed by atoms with Crippen LogP contribution in [0.1, 0.15) is 50.8 Å². The Morgan fingerprint density at radius 3 is 2.50 bits per heavy atom. The minimum Gasteiger partial charge on any atom is -0.343 e. The van der Waals surface area contributed by atoms with Gasteiger partial charge in [-0.15, -0.1) is 0 Å². The average molecular weight is 352 g/mol. The molecule has 2 fully saturated rings. The zero-order valence-corrected chi connectivity index (χ0v) is 15.4. The van der Waals surface area contributed by atoms with E-state index in [9.17, 15) is 4.79 Å². The number of carbonyl (C=O) groups is 1. The number of aromatic nitrogens is 3. The Kier molecular flexibility index (Phi) is 5.32. The van der Waals surface area contributed by atoms with E-state index in [0.717, 1.165) is 56.0 Å². The summed E-state index contributed by atoms with van der Waals surface area (Å²) in [6.45, 7) is 1.80. The van der Waals surface area contributed by atoms with Gasteiger partial charge in [0.25, 0.3) is 0 Å². The van der Waals surface area contributed by atoms with Gasteiger partial charge in [0.2, 0.25) is 5.91 Å². The summed E-state index contributed by atoms with van der Waals surface area (Å²) in [5.41, 5.74) is 1.04. The van der Waals surface area contributed by atoms with E-state index in [0.29, 0.717) is 17.7 Å². The molecule has 2 aliphatic rings. The summed E-state index contributed by atoms with van der Waals surface area (Å²) in [5, 5.41) is 7.44. The fraction of sp³-hybridized carbons (Fsp3) is 0.571. The van der Waals surface area contributed by atoms with Gasteiger partial charge in [-0.05, 0) is 37.5 Å². The van der Waals surface area contributed by atoms with E-state index >= 15 is 0 Å². The molecule has 2 aromatic rings. The molecule has 1 aliphatic heterocycles. The molecule has 26 heavy (non-hydrogen) atoms. The van der Waals surface area contributed by atoms with Crippen LogP contribution in [-0.2, 0) is 11.2 Å². The number of H-pyrrole nitrogens is 1. The monoisotopic (exact) mass is 352 g/mol. The third kappa shape index (κ3) is 4.14. The van der Waals surface area contributed by atoms with Crippen LogP contribution in [0.15, 0.2) is 30.3 Å². The number of nitrogens with zero attached hydrogens (tertiary/aromatic N) is 3. The van der Waals surface area contributed by atoms with Gasteiger partial charge >= 0.3 is 0 Å². The molecule has 1 aromatic heterocycles. The standard InChI is InChI=1S/C21H28N4O/c26-20(15-16-6-4-5-7-16)25-12-10-17(11-13-25)14-19-22-21(24-23-19)18-8-2-1-3-9-18/h1-3,8-9,16-17H,4-7,10-15H2,(H,22,23,24). The Morgan fingerprint density at radius 1 is 1.04 bits per heavy atom. The highest BCUT2D eigenvalue weighted by Gasteiger charge is 2.26. The molecule has 5 nitrogen and oxygen atoms in total. The van der Waals surface area contributed by atoms with Crippen LogP contribution in [0.5, 0.6) is 0 Å². The van der Waals surface area contributed by atoms with Gasteiger partial charge in [0.05, 0.1) is 0 Å². The predicted molar refractivity (Wildman–Crippen MR) is 101 cm³/mol. The van der Waals surface area contributed by atoms with E-state index in [2.05, 4.69) is 20.1 Å². The maximum absolute atomic E-state index is 12.5. The molecule has 0 spiro atoms. The van der Waals surface area contributed by atoms with Crippen molar-refractivity contribution in [3.8, 4) is 11.4 Å². The number of carbonyl (C=O) groups excluding carboxylic acids is 1. The summed E-state index contributed by atoms with van der Waals surface area (Å²) in [7, 11) is 0. The number of rotatable bonds is 5. The second-order valence-electron chi connectivity index (χ2n) is 7.85. The summed E-state index contributed by atoms with van der Waals surface area (Å²) in [6, 6.07) is 10.1. The Morgan fingerprint density at radius 2 is 1.77 bits per heavy atom. The van der Waals surface area contributed by atoms with Gasteiger partial charge in [0, 0.05) is 31.5 Å². The number of piperidine rings is 1. The van der Waals surface area contributed by atoms with E-state index < -0.39 is 0 Å². The van der Waals surface area contributed by atoms with Crippen molar-refractivity contribution in [2.45, 2.75) is 51.4 Å². The van der Waals surface area contributed by atoms with Crippen molar-refractivity contribution in [2.24, 2.45) is 11.8 Å². The maximum Gasteiger partial charge on any atom is 0.222 e. The van der Waals surface area contributed by atoms with Crippen LogP contribution in [0, 0.1) is 11.8 Å². The van der Waals surface area contributed by atoms with Gasteiger partial charge in [-0.1, -0.05) is 43.2 Å². The Hall–Kier alpha value is -2.17. The van der Waals surface area contributed by atoms with Gasteiger partial charge < -0.3 is 4.90 Å². The van der Waals surface area contributed by atoms with Crippen molar-refractivity contribution in [1.29, 1.82) is 0 Å². The fourth-order valence-corrected chi connectivity index (χ4v) is 4.35. The molecule has 5 heteroatoms. The minimum atomic E-state index is 0.376. The molecular weight excluding hydrogens is 324 g/mol. The van der Waals surface area contributed by atoms with E-state index in [1.165, 1.54) is 25.7 Å². The van der Waals surface area contributed by atoms with Gasteiger partial charge in [0.1, 0.15) is 5.82 Å². The largest absolute Gasteiger partial charge is 0.343 e. The second-order valence-corrected chi connectivity index (χ2v) is 7.85. The van der Waals surface area contributed by atoms with Gasteiger partial charge in [0.15, 0.2) is 5.82 Å². The molecule has 1 amide bonds. The normalized spacial score (nSPS) is 19.2. The zero-order chi connectivity index (χ0) is 17.8. The van der Waals surface area contributed by atoms with Crippen LogP contribution < -0.4 is 0 Å². The molecule has 1 saturated heterocycles.